The number of hydrogen-bond donors (Lipinski definition) is 2. The fraction of sp³-hybridized carbons (Fsp3) is 0.571. The molecule has 0 bridgehead atoms. The first-order valence-electron chi connectivity index (χ1n) is 9.63. The molecule has 0 saturated heterocycles. The van der Waals surface area contributed by atoms with Crippen molar-refractivity contribution in [1.29, 1.82) is 0 Å². The molecule has 0 aromatic heterocycles. The first kappa shape index (κ1) is 25.1. The second kappa shape index (κ2) is 11.9. The molecule has 0 aliphatic heterocycles. The molecule has 8 heteroatoms. The van der Waals surface area contributed by atoms with E-state index < -0.39 is 28.3 Å². The topological polar surface area (TPSA) is 93.7 Å². The van der Waals surface area contributed by atoms with Crippen LogP contribution in [0.3, 0.4) is 0 Å². The lowest BCUT2D eigenvalue weighted by Crippen LogP contribution is -2.60. The quantitative estimate of drug-likeness (QED) is 0.382. The van der Waals surface area contributed by atoms with Crippen molar-refractivity contribution < 1.29 is 23.9 Å². The molecule has 0 saturated carbocycles. The Morgan fingerprint density at radius 1 is 1.14 bits per heavy atom. The predicted molar refractivity (Wildman–Crippen MR) is 114 cm³/mol. The molecule has 0 aliphatic carbocycles. The fourth-order valence-corrected chi connectivity index (χ4v) is 2.47. The number of esters is 1. The molecule has 0 spiro atoms. The average Bonchev–Trinajstić information content (AvgIpc) is 2.66. The summed E-state index contributed by atoms with van der Waals surface area (Å²) in [6, 6.07) is 8.51. The summed E-state index contributed by atoms with van der Waals surface area (Å²) in [6.07, 6.45) is 0. The van der Waals surface area contributed by atoms with Gasteiger partial charge in [0.15, 0.2) is 6.04 Å². The lowest BCUT2D eigenvalue weighted by atomic mass is 10.0. The first-order valence-corrected chi connectivity index (χ1v) is 10.6. The van der Waals surface area contributed by atoms with Gasteiger partial charge in [-0.15, -0.1) is 0 Å². The minimum absolute atomic E-state index is 0.0451. The molecule has 1 rings (SSSR count). The molecule has 162 valence electrons. The van der Waals surface area contributed by atoms with E-state index in [1.54, 1.807) is 20.8 Å². The van der Waals surface area contributed by atoms with Crippen LogP contribution < -0.4 is 10.6 Å². The van der Waals surface area contributed by atoms with E-state index in [9.17, 15) is 14.4 Å². The molecular weight excluding hydrogens is 440 g/mol. The van der Waals surface area contributed by atoms with Crippen LogP contribution in [0, 0.1) is 5.92 Å². The zero-order valence-electron chi connectivity index (χ0n) is 17.7. The van der Waals surface area contributed by atoms with Crippen LogP contribution in [0.5, 0.6) is 0 Å². The highest BCUT2D eigenvalue weighted by Crippen LogP contribution is 2.14. The maximum absolute atomic E-state index is 12.7. The van der Waals surface area contributed by atoms with E-state index in [4.69, 9.17) is 9.47 Å². The second-order valence-corrected chi connectivity index (χ2v) is 8.53. The van der Waals surface area contributed by atoms with Crippen LogP contribution in [0.2, 0.25) is 0 Å². The van der Waals surface area contributed by atoms with E-state index in [1.807, 2.05) is 44.2 Å². The van der Waals surface area contributed by atoms with Crippen molar-refractivity contribution in [2.45, 2.75) is 57.6 Å². The summed E-state index contributed by atoms with van der Waals surface area (Å²) in [5, 5.41) is 5.34. The molecule has 1 aromatic carbocycles. The Bertz CT molecular complexity index is 679. The van der Waals surface area contributed by atoms with Crippen LogP contribution in [-0.4, -0.2) is 47.4 Å². The van der Waals surface area contributed by atoms with Gasteiger partial charge in [0.25, 0.3) is 0 Å². The number of ether oxygens (including phenoxy) is 2. The predicted octanol–water partition coefficient (Wildman–Crippen LogP) is 2.57. The summed E-state index contributed by atoms with van der Waals surface area (Å²) in [5.74, 6) is -1.33. The molecule has 29 heavy (non-hydrogen) atoms. The van der Waals surface area contributed by atoms with Gasteiger partial charge < -0.3 is 20.1 Å². The SMILES string of the molecule is CCOC(=O)[C@H](COCc1ccccc1)NC(=O)C(C)(C)NC(=O)[C@H](Br)C(C)C. The van der Waals surface area contributed by atoms with Crippen LogP contribution in [0.4, 0.5) is 0 Å². The van der Waals surface area contributed by atoms with Crippen molar-refractivity contribution in [3.05, 3.63) is 35.9 Å². The number of amides is 2. The van der Waals surface area contributed by atoms with E-state index in [0.717, 1.165) is 5.56 Å². The minimum atomic E-state index is -1.22. The van der Waals surface area contributed by atoms with Crippen molar-refractivity contribution in [3.63, 3.8) is 0 Å². The number of halogens is 1. The van der Waals surface area contributed by atoms with E-state index in [1.165, 1.54) is 0 Å². The summed E-state index contributed by atoms with van der Waals surface area (Å²) in [7, 11) is 0. The second-order valence-electron chi connectivity index (χ2n) is 7.54. The molecule has 2 amide bonds. The number of alkyl halides is 1. The minimum Gasteiger partial charge on any atom is -0.464 e. The third-order valence-electron chi connectivity index (χ3n) is 4.11. The average molecular weight is 471 g/mol. The van der Waals surface area contributed by atoms with Crippen molar-refractivity contribution in [2.75, 3.05) is 13.2 Å². The number of carbonyl (C=O) groups excluding carboxylic acids is 3. The lowest BCUT2D eigenvalue weighted by molar-refractivity contribution is -0.150. The van der Waals surface area contributed by atoms with Crippen molar-refractivity contribution in [1.82, 2.24) is 10.6 Å². The van der Waals surface area contributed by atoms with Crippen LogP contribution >= 0.6 is 15.9 Å². The maximum Gasteiger partial charge on any atom is 0.331 e. The molecule has 0 radical (unpaired) electrons. The fourth-order valence-electron chi connectivity index (χ4n) is 2.36. The lowest BCUT2D eigenvalue weighted by Gasteiger charge is -2.29. The van der Waals surface area contributed by atoms with Crippen LogP contribution in [0.25, 0.3) is 0 Å². The molecule has 0 aliphatic rings. The number of rotatable bonds is 11. The van der Waals surface area contributed by atoms with Crippen LogP contribution in [-0.2, 0) is 30.5 Å². The van der Waals surface area contributed by atoms with Crippen LogP contribution in [0.15, 0.2) is 30.3 Å². The van der Waals surface area contributed by atoms with E-state index >= 15 is 0 Å². The molecular formula is C21H31BrN2O5. The summed E-state index contributed by atoms with van der Waals surface area (Å²) < 4.78 is 10.6. The zero-order chi connectivity index (χ0) is 22.0. The van der Waals surface area contributed by atoms with Gasteiger partial charge in [-0.1, -0.05) is 60.1 Å². The third kappa shape index (κ3) is 8.53. The Morgan fingerprint density at radius 2 is 1.76 bits per heavy atom. The molecule has 2 atom stereocenters. The van der Waals surface area contributed by atoms with Crippen molar-refractivity contribution in [3.8, 4) is 0 Å². The standard InChI is InChI=1S/C21H31BrN2O5/c1-6-29-19(26)16(13-28-12-15-10-8-7-9-11-15)23-20(27)21(4,5)24-18(25)17(22)14(2)3/h7-11,14,16-17H,6,12-13H2,1-5H3,(H,23,27)(H,24,25)/t16-,17+/m0/s1. The monoisotopic (exact) mass is 470 g/mol. The van der Waals surface area contributed by atoms with E-state index in [-0.39, 0.29) is 25.0 Å². The molecule has 1 aromatic rings. The molecule has 0 heterocycles. The molecule has 7 nitrogen and oxygen atoms in total. The molecule has 2 N–H and O–H groups in total. The van der Waals surface area contributed by atoms with Gasteiger partial charge in [0.2, 0.25) is 11.8 Å². The molecule has 0 unspecified atom stereocenters. The van der Waals surface area contributed by atoms with Crippen molar-refractivity contribution >= 4 is 33.7 Å². The Balaban J connectivity index is 2.73. The highest BCUT2D eigenvalue weighted by atomic mass is 79.9. The Hall–Kier alpha value is -1.93. The van der Waals surface area contributed by atoms with Gasteiger partial charge in [-0.3, -0.25) is 9.59 Å². The zero-order valence-corrected chi connectivity index (χ0v) is 19.2. The van der Waals surface area contributed by atoms with E-state index in [0.29, 0.717) is 6.61 Å². The van der Waals surface area contributed by atoms with Gasteiger partial charge >= 0.3 is 5.97 Å². The Labute approximate surface area is 181 Å². The largest absolute Gasteiger partial charge is 0.464 e. The van der Waals surface area contributed by atoms with Crippen molar-refractivity contribution in [2.24, 2.45) is 5.92 Å². The smallest absolute Gasteiger partial charge is 0.331 e. The molecule has 0 fully saturated rings. The Kier molecular flexibility index (Phi) is 10.3. The third-order valence-corrected chi connectivity index (χ3v) is 5.58. The summed E-state index contributed by atoms with van der Waals surface area (Å²) in [4.78, 5) is 36.9. The summed E-state index contributed by atoms with van der Waals surface area (Å²) in [6.45, 7) is 9.07. The van der Waals surface area contributed by atoms with Gasteiger partial charge in [-0.05, 0) is 32.3 Å². The van der Waals surface area contributed by atoms with Gasteiger partial charge in [-0.25, -0.2) is 4.79 Å². The highest BCUT2D eigenvalue weighted by molar-refractivity contribution is 9.10. The van der Waals surface area contributed by atoms with Gasteiger partial charge in [0.1, 0.15) is 5.54 Å². The normalized spacial score (nSPS) is 13.5. The highest BCUT2D eigenvalue weighted by Gasteiger charge is 2.35. The first-order chi connectivity index (χ1) is 13.6. The van der Waals surface area contributed by atoms with E-state index in [2.05, 4.69) is 26.6 Å². The number of nitrogens with one attached hydrogen (secondary N) is 2. The van der Waals surface area contributed by atoms with Gasteiger partial charge in [0, 0.05) is 0 Å². The maximum atomic E-state index is 12.7. The number of benzene rings is 1. The van der Waals surface area contributed by atoms with Gasteiger partial charge in [-0.2, -0.15) is 0 Å². The van der Waals surface area contributed by atoms with Gasteiger partial charge in [0.05, 0.1) is 24.6 Å². The number of carbonyl (C=O) groups is 3. The van der Waals surface area contributed by atoms with Crippen LogP contribution in [0.1, 0.15) is 40.2 Å². The summed E-state index contributed by atoms with van der Waals surface area (Å²) >= 11 is 3.32. The number of hydrogen-bond acceptors (Lipinski definition) is 5. The Morgan fingerprint density at radius 3 is 2.31 bits per heavy atom. The summed E-state index contributed by atoms with van der Waals surface area (Å²) in [5.41, 5.74) is -0.270.